The van der Waals surface area contributed by atoms with Crippen LogP contribution in [-0.4, -0.2) is 204 Å². The number of nitriles is 1. The fourth-order valence-corrected chi connectivity index (χ4v) is 24.2. The van der Waals surface area contributed by atoms with E-state index in [2.05, 4.69) is 88.8 Å². The fraction of sp³-hybridized carbons (Fsp3) is 0.472. The van der Waals surface area contributed by atoms with E-state index in [0.29, 0.717) is 107 Å². The number of aryl methyl sites for hydroxylation is 2. The lowest BCUT2D eigenvalue weighted by Gasteiger charge is -2.62. The molecule has 6 aromatic carbocycles. The lowest BCUT2D eigenvalue weighted by Crippen LogP contribution is -2.70. The van der Waals surface area contributed by atoms with E-state index in [0.717, 1.165) is 77.9 Å². The lowest BCUT2D eigenvalue weighted by molar-refractivity contribution is -0.186. The van der Waals surface area contributed by atoms with Gasteiger partial charge in [-0.1, -0.05) is 77.6 Å². The van der Waals surface area contributed by atoms with E-state index in [-0.39, 0.29) is 133 Å². The molecule has 4 fully saturated rings. The van der Waals surface area contributed by atoms with Crippen LogP contribution in [0.1, 0.15) is 139 Å². The summed E-state index contributed by atoms with van der Waals surface area (Å²) >= 11 is 3.22. The zero-order valence-corrected chi connectivity index (χ0v) is 67.9. The van der Waals surface area contributed by atoms with Gasteiger partial charge in [-0.05, 0) is 136 Å². The molecule has 26 nitrogen and oxygen atoms in total. The van der Waals surface area contributed by atoms with Crippen LogP contribution in [0.15, 0.2) is 87.0 Å². The smallest absolute Gasteiger partial charge is 0.331 e. The average molecular weight is 1640 g/mol. The van der Waals surface area contributed by atoms with Gasteiger partial charge in [-0.15, -0.1) is 23.5 Å². The molecule has 14 aliphatic heterocycles. The van der Waals surface area contributed by atoms with Crippen LogP contribution >= 0.6 is 23.5 Å². The maximum Gasteiger partial charge on any atom is 0.331 e. The summed E-state index contributed by atoms with van der Waals surface area (Å²) in [6.07, 6.45) is 8.28. The quantitative estimate of drug-likeness (QED) is 0.0444. The number of esters is 2. The summed E-state index contributed by atoms with van der Waals surface area (Å²) in [5.74, 6) is 6.36. The number of carbonyl (C=O) groups excluding carboxylic acids is 2. The second kappa shape index (κ2) is 32.2. The molecule has 0 aromatic heterocycles. The number of phenols is 2. The molecule has 4 saturated heterocycles. The van der Waals surface area contributed by atoms with Crippen LogP contribution in [0, 0.1) is 39.0 Å². The first kappa shape index (κ1) is 82.4. The highest BCUT2D eigenvalue weighted by Crippen LogP contribution is 2.68. The normalized spacial score (nSPS) is 27.6. The number of piperazine rings is 2. The number of hydrogen-bond donors (Lipinski definition) is 5. The number of benzene rings is 6. The maximum absolute atomic E-state index is 14.9. The number of aliphatic hydroxyl groups excluding tert-OH is 1. The van der Waals surface area contributed by atoms with Gasteiger partial charge >= 0.3 is 11.9 Å². The Morgan fingerprint density at radius 1 is 0.530 bits per heavy atom. The number of carbonyl (C=O) groups is 2. The van der Waals surface area contributed by atoms with Gasteiger partial charge < -0.3 is 81.6 Å². The molecule has 0 aliphatic carbocycles. The number of rotatable bonds is 16. The molecule has 8 bridgehead atoms. The molecule has 0 saturated carbocycles. The largest absolute Gasteiger partial charge is 0.504 e. The number of thioether (sulfide) groups is 2. The summed E-state index contributed by atoms with van der Waals surface area (Å²) in [6.45, 7) is 25.6. The number of methoxy groups -OCH3 is 4. The Morgan fingerprint density at radius 2 is 0.932 bits per heavy atom. The van der Waals surface area contributed by atoms with E-state index in [1.165, 1.54) is 14.2 Å². The van der Waals surface area contributed by atoms with Crippen LogP contribution in [0.3, 0.4) is 0 Å². The molecule has 20 rings (SSSR count). The molecule has 0 radical (unpaired) electrons. The second-order valence-electron chi connectivity index (χ2n) is 31.2. The summed E-state index contributed by atoms with van der Waals surface area (Å²) in [7, 11) is 10.5. The van der Waals surface area contributed by atoms with E-state index in [4.69, 9.17) is 66.3 Å². The summed E-state index contributed by atoms with van der Waals surface area (Å²) < 4.78 is 87.7. The van der Waals surface area contributed by atoms with Gasteiger partial charge in [0, 0.05) is 87.2 Å². The number of likely N-dealkylation sites (N-methyl/N-ethyl adjacent to an activating group) is 2. The average Bonchev–Trinajstić information content (AvgIpc) is 1.44. The molecular weight excluding hydrogens is 1540 g/mol. The number of nitrogens with one attached hydrogen (secondary N) is 2. The van der Waals surface area contributed by atoms with E-state index in [1.807, 2.05) is 27.7 Å². The number of phenolic OH excluding ortho intramolecular Hbond substituents is 2. The predicted octanol–water partition coefficient (Wildman–Crippen LogP) is 11.7. The third kappa shape index (κ3) is 12.5. The molecule has 28 heteroatoms. The van der Waals surface area contributed by atoms with Crippen LogP contribution in [0.5, 0.6) is 80.5 Å². The van der Waals surface area contributed by atoms with Gasteiger partial charge in [0.1, 0.15) is 63.4 Å². The van der Waals surface area contributed by atoms with E-state index in [1.54, 1.807) is 86.3 Å². The van der Waals surface area contributed by atoms with Crippen LogP contribution < -0.4 is 67.5 Å². The van der Waals surface area contributed by atoms with Crippen molar-refractivity contribution in [3.63, 3.8) is 0 Å². The lowest BCUT2D eigenvalue weighted by atomic mass is 9.71. The highest BCUT2D eigenvalue weighted by molar-refractivity contribution is 7.99. The van der Waals surface area contributed by atoms with Crippen LogP contribution in [-0.2, 0) is 55.8 Å². The van der Waals surface area contributed by atoms with Gasteiger partial charge in [0.05, 0.1) is 75.2 Å². The Hall–Kier alpha value is -9.67. The fourth-order valence-electron chi connectivity index (χ4n) is 20.8. The Morgan fingerprint density at radius 3 is 1.35 bits per heavy atom. The molecule has 622 valence electrons. The molecule has 6 aromatic rings. The highest BCUT2D eigenvalue weighted by Gasteiger charge is 2.65. The monoisotopic (exact) mass is 1640 g/mol. The van der Waals surface area contributed by atoms with Crippen molar-refractivity contribution in [3.8, 4) is 86.6 Å². The molecular formula is C89H105N7O19S2. The summed E-state index contributed by atoms with van der Waals surface area (Å²) in [5.41, 5.74) is 11.5. The first-order valence-corrected chi connectivity index (χ1v) is 41.0. The van der Waals surface area contributed by atoms with Crippen molar-refractivity contribution in [2.24, 2.45) is 0 Å². The third-order valence-corrected chi connectivity index (χ3v) is 28.5. The van der Waals surface area contributed by atoms with E-state index < -0.39 is 63.9 Å². The van der Waals surface area contributed by atoms with Crippen molar-refractivity contribution >= 4 is 35.5 Å². The van der Waals surface area contributed by atoms with Crippen molar-refractivity contribution in [1.29, 1.82) is 5.26 Å². The number of aromatic hydroxyl groups is 2. The SMILES string of the molecule is C.C.C=CCOc1c(C)c2c(c3c1[C@H]1SC[C@]4(NCCc5cc(O)c(OC)cc54)C(=O)OC[C@@H]3N3C1[C@H]1c4c(cc(C)c(OC)c4OCC=C)C[C@@H]([C@@H]3C#N)N1C)OCO2.C=CCOc1c(C)c2c(c3c1[C@H]1SC[C@]4(NCCc5cc(O)c(OC)cc54)C(=O)OC[C@@H]3N3C1[C@H]1c4c(cc(C)c(OC)c4OCC=C)C[C@@H]([C@@H]3O)N1C)OCO2. The van der Waals surface area contributed by atoms with Crippen molar-refractivity contribution in [3.05, 3.63) is 176 Å². The first-order valence-electron chi connectivity index (χ1n) is 39.0. The number of fused-ring (bicyclic) bond motifs is 18. The molecule has 14 atom stereocenters. The van der Waals surface area contributed by atoms with Gasteiger partial charge in [0.2, 0.25) is 13.6 Å². The van der Waals surface area contributed by atoms with Gasteiger partial charge in [-0.2, -0.15) is 5.26 Å². The van der Waals surface area contributed by atoms with Crippen molar-refractivity contribution in [2.45, 2.75) is 150 Å². The molecule has 0 amide bonds. The van der Waals surface area contributed by atoms with E-state index in [9.17, 15) is 30.2 Å². The molecule has 2 unspecified atom stereocenters. The van der Waals surface area contributed by atoms with Crippen LogP contribution in [0.2, 0.25) is 0 Å². The summed E-state index contributed by atoms with van der Waals surface area (Å²) in [4.78, 5) is 38.7. The molecule has 14 heterocycles. The number of aliphatic hydroxyl groups is 1. The Kier molecular flexibility index (Phi) is 22.7. The van der Waals surface area contributed by atoms with Gasteiger partial charge in [0.15, 0.2) is 80.1 Å². The molecule has 14 aliphatic rings. The molecule has 5 N–H and O–H groups in total. The maximum atomic E-state index is 14.9. The van der Waals surface area contributed by atoms with Crippen molar-refractivity contribution in [2.75, 3.05) is 120 Å². The third-order valence-electron chi connectivity index (χ3n) is 25.6. The van der Waals surface area contributed by atoms with Gasteiger partial charge in [-0.25, -0.2) is 9.59 Å². The van der Waals surface area contributed by atoms with Gasteiger partial charge in [-0.3, -0.25) is 30.2 Å². The minimum Gasteiger partial charge on any atom is -0.504 e. The Labute approximate surface area is 691 Å². The van der Waals surface area contributed by atoms with Crippen LogP contribution in [0.4, 0.5) is 0 Å². The molecule has 117 heavy (non-hydrogen) atoms. The highest BCUT2D eigenvalue weighted by atomic mass is 32.2. The van der Waals surface area contributed by atoms with Crippen molar-refractivity contribution in [1.82, 2.24) is 30.2 Å². The zero-order chi connectivity index (χ0) is 80.5. The summed E-state index contributed by atoms with van der Waals surface area (Å²) in [5, 5.41) is 52.0. The Bertz CT molecular complexity index is 5070. The van der Waals surface area contributed by atoms with Gasteiger partial charge in [0.25, 0.3) is 0 Å². The van der Waals surface area contributed by atoms with Crippen LogP contribution in [0.25, 0.3) is 0 Å². The van der Waals surface area contributed by atoms with Crippen molar-refractivity contribution < 1.29 is 91.2 Å². The standard InChI is InChI=1S/C44H48N4O9S.C43H49N3O10S.2CH4/c1-8-12-53-38-23(4)39-41(57-21-56-39)33-29-19-55-43(50)44(26-17-31(51-6)30(49)16-24(26)10-11-46-44)20-58-42(34(33)38)36-35-32-25(15-27(47(35)5)28(18-45)48(29)36)14-22(3)37(52-7)40(32)54-13-9-2;1-8-12-52-36-22(4)37-39(56-20-55-37)31-27-18-54-42(49)43(25-17-29(50-6)28(47)16-23(25)10-11-44-43)19-57-40(32(31)36)34-33-30-24(15-26(45(33)5)41(48)46(27)34)14-21(3)35(51-7)38(30)53-13-9-2;;/h8-9,14,16-17,27-29,35-36,42,46,49H,1-2,10-13,15,19-21H2,3-7H3;8-9,14,16-17,26-27,33-34,40-41,44,47-48H,1-2,10-13,15,18-20H2,3-7H3;2*1H4/t27-,28-,29-,35+,36?,42+,44+;26-,27-,33+,34?,40+,41-,43+;;/m00../s1. The minimum atomic E-state index is -1.30. The number of ether oxygens (including phenoxy) is 14. The Balaban J connectivity index is 0.000000180. The number of nitrogens with zero attached hydrogens (tertiary/aromatic N) is 5. The van der Waals surface area contributed by atoms with E-state index >= 15 is 0 Å². The second-order valence-corrected chi connectivity index (χ2v) is 33.5. The topological polar surface area (TPSA) is 285 Å². The molecule has 2 spiro atoms. The minimum absolute atomic E-state index is 0. The zero-order valence-electron chi connectivity index (χ0n) is 66.3. The number of hydrogen-bond acceptors (Lipinski definition) is 28. The summed E-state index contributed by atoms with van der Waals surface area (Å²) in [6, 6.07) is 10.1. The predicted molar refractivity (Wildman–Crippen MR) is 443 cm³/mol. The first-order chi connectivity index (χ1) is 55.7.